The molecule has 1 radical (unpaired) electrons. The van der Waals surface area contributed by atoms with Gasteiger partial charge in [-0.3, -0.25) is 0 Å². The van der Waals surface area contributed by atoms with Gasteiger partial charge < -0.3 is 22.4 Å². The van der Waals surface area contributed by atoms with Gasteiger partial charge in [0.1, 0.15) is 0 Å². The Kier molecular flexibility index (Phi) is 17.7. The summed E-state index contributed by atoms with van der Waals surface area (Å²) in [6, 6.07) is 66.4. The van der Waals surface area contributed by atoms with Crippen LogP contribution < -0.4 is 12.4 Å². The number of fused-ring (bicyclic) bond motifs is 8. The third-order valence-corrected chi connectivity index (χ3v) is 6.47. The van der Waals surface area contributed by atoms with E-state index < -0.39 is 0 Å². The molecule has 0 unspecified atom stereocenters. The molecule has 50 heavy (non-hydrogen) atoms. The predicted molar refractivity (Wildman–Crippen MR) is 200 cm³/mol. The molecule has 0 saturated carbocycles. The van der Waals surface area contributed by atoms with Crippen LogP contribution in [0.3, 0.4) is 0 Å². The molecule has 0 spiro atoms. The zero-order valence-electron chi connectivity index (χ0n) is 27.1. The first-order valence-electron chi connectivity index (χ1n) is 15.5. The van der Waals surface area contributed by atoms with E-state index >= 15 is 0 Å². The molecule has 0 fully saturated rings. The first-order chi connectivity index (χ1) is 23.8. The molecule has 0 atom stereocenters. The van der Waals surface area contributed by atoms with Gasteiger partial charge in [0.2, 0.25) is 0 Å². The van der Waals surface area contributed by atoms with E-state index in [1.54, 1.807) is 0 Å². The van der Waals surface area contributed by atoms with Crippen LogP contribution in [0.4, 0.5) is 0 Å². The molecular weight excluding hydrogens is 675 g/mol. The molecule has 8 bridgehead atoms. The van der Waals surface area contributed by atoms with Crippen LogP contribution in [0.25, 0.3) is 46.4 Å². The zero-order chi connectivity index (χ0) is 32.9. The van der Waals surface area contributed by atoms with Crippen molar-refractivity contribution in [1.82, 2.24) is 19.9 Å². The Labute approximate surface area is 311 Å². The van der Waals surface area contributed by atoms with Crippen LogP contribution in [0.15, 0.2) is 170 Å². The topological polar surface area (TPSA) is 57.4 Å². The largest absolute Gasteiger partial charge is 1.00 e. The number of H-pyrrole nitrogens is 2. The van der Waals surface area contributed by atoms with Crippen LogP contribution in [0, 0.1) is 24.3 Å². The maximum atomic E-state index is 4.62. The summed E-state index contributed by atoms with van der Waals surface area (Å²) in [5, 5.41) is 0. The first kappa shape index (κ1) is 38.7. The fourth-order valence-corrected chi connectivity index (χ4v) is 4.31. The molecule has 3 aromatic heterocycles. The molecule has 0 aliphatic carbocycles. The number of halogens is 1. The summed E-state index contributed by atoms with van der Waals surface area (Å²) < 4.78 is 0. The van der Waals surface area contributed by atoms with Crippen molar-refractivity contribution in [3.63, 3.8) is 0 Å². The number of nitrogens with zero attached hydrogens (tertiary/aromatic N) is 2. The zero-order valence-corrected chi connectivity index (χ0v) is 29.1. The van der Waals surface area contributed by atoms with Crippen molar-refractivity contribution in [2.75, 3.05) is 0 Å². The Balaban J connectivity index is 0.000000211. The summed E-state index contributed by atoms with van der Waals surface area (Å²) in [4.78, 5) is 16.0. The normalized spacial score (nSPS) is 9.92. The molecule has 2 aliphatic rings. The Morgan fingerprint density at radius 3 is 0.840 bits per heavy atom. The summed E-state index contributed by atoms with van der Waals surface area (Å²) in [6.07, 6.45) is 8.05. The number of aromatic amines is 2. The van der Waals surface area contributed by atoms with E-state index in [-0.39, 0.29) is 29.5 Å². The molecule has 5 heterocycles. The van der Waals surface area contributed by atoms with Crippen LogP contribution in [0.2, 0.25) is 0 Å². The maximum Gasteiger partial charge on any atom is 0.0659 e. The number of aromatic nitrogens is 4. The fraction of sp³-hybridized carbons (Fsp3) is 0. The maximum absolute atomic E-state index is 4.62. The number of hydrogen-bond donors (Lipinski definition) is 2. The molecule has 2 aliphatic heterocycles. The third-order valence-electron chi connectivity index (χ3n) is 6.47. The van der Waals surface area contributed by atoms with Gasteiger partial charge in [-0.05, 0) is 72.8 Å². The second-order valence-electron chi connectivity index (χ2n) is 10.2. The monoisotopic (exact) mass is 708 g/mol. The van der Waals surface area contributed by atoms with E-state index in [1.165, 1.54) is 0 Å². The van der Waals surface area contributed by atoms with Crippen LogP contribution in [0.5, 0.6) is 0 Å². The van der Waals surface area contributed by atoms with Crippen LogP contribution in [-0.4, -0.2) is 19.9 Å². The van der Waals surface area contributed by atoms with E-state index in [1.807, 2.05) is 164 Å². The smallest absolute Gasteiger partial charge is 0.0659 e. The first-order valence-corrected chi connectivity index (χ1v) is 15.5. The minimum atomic E-state index is 0. The van der Waals surface area contributed by atoms with Gasteiger partial charge in [-0.15, -0.1) is 0 Å². The number of benzene rings is 4. The van der Waals surface area contributed by atoms with Crippen molar-refractivity contribution in [1.29, 1.82) is 0 Å². The second-order valence-corrected chi connectivity index (χ2v) is 10.2. The summed E-state index contributed by atoms with van der Waals surface area (Å²) in [5.74, 6) is 0. The third kappa shape index (κ3) is 14.6. The average Bonchev–Trinajstić information content (AvgIpc) is 4.00. The quantitative estimate of drug-likeness (QED) is 0.126. The van der Waals surface area contributed by atoms with Gasteiger partial charge in [0, 0.05) is 39.1 Å². The van der Waals surface area contributed by atoms with Gasteiger partial charge >= 0.3 is 0 Å². The van der Waals surface area contributed by atoms with Gasteiger partial charge in [0.15, 0.2) is 0 Å². The molecule has 249 valence electrons. The summed E-state index contributed by atoms with van der Waals surface area (Å²) in [5.41, 5.74) is 7.86. The molecule has 9 rings (SSSR count). The van der Waals surface area contributed by atoms with E-state index in [0.717, 1.165) is 44.8 Å². The van der Waals surface area contributed by atoms with Crippen LogP contribution in [0.1, 0.15) is 22.8 Å². The van der Waals surface area contributed by atoms with Gasteiger partial charge in [-0.2, -0.15) is 146 Å². The van der Waals surface area contributed by atoms with Crippen molar-refractivity contribution in [2.24, 2.45) is 0 Å². The predicted octanol–water partition coefficient (Wildman–Crippen LogP) is 7.60. The standard InChI is InChI=1S/C20H14N4.4C6H5.ClH.Mn/c1-2-14-10-16-5-6-18(23-16)12-20-8-7-19(24-20)11-17-4-3-15(22-17)9-13(1)21-14;4*1-2-4-6-5-3-1;;/h1-12,21-22H;4*1-5H;1H;/q;4*-1;;/p-1. The van der Waals surface area contributed by atoms with Crippen molar-refractivity contribution in [3.8, 4) is 0 Å². The van der Waals surface area contributed by atoms with Crippen molar-refractivity contribution >= 4 is 46.4 Å². The van der Waals surface area contributed by atoms with Crippen molar-refractivity contribution < 1.29 is 29.5 Å². The summed E-state index contributed by atoms with van der Waals surface area (Å²) >= 11 is 0. The summed E-state index contributed by atoms with van der Waals surface area (Å²) in [7, 11) is 0. The van der Waals surface area contributed by atoms with E-state index in [9.17, 15) is 0 Å². The van der Waals surface area contributed by atoms with Gasteiger partial charge in [0.05, 0.1) is 22.8 Å². The molecular formula is C44H34ClMnN4-5. The number of rotatable bonds is 0. The van der Waals surface area contributed by atoms with Crippen molar-refractivity contribution in [3.05, 3.63) is 217 Å². The molecule has 2 N–H and O–H groups in total. The van der Waals surface area contributed by atoms with Crippen molar-refractivity contribution in [2.45, 2.75) is 0 Å². The Morgan fingerprint density at radius 2 is 0.600 bits per heavy atom. The van der Waals surface area contributed by atoms with E-state index in [0.29, 0.717) is 0 Å². The van der Waals surface area contributed by atoms with E-state index in [4.69, 9.17) is 0 Å². The van der Waals surface area contributed by atoms with Gasteiger partial charge in [-0.25, -0.2) is 9.97 Å². The molecule has 4 nitrogen and oxygen atoms in total. The Hall–Kier alpha value is -5.71. The second kappa shape index (κ2) is 22.8. The molecule has 4 aromatic carbocycles. The molecule has 6 heteroatoms. The van der Waals surface area contributed by atoms with Crippen LogP contribution >= 0.6 is 0 Å². The average molecular weight is 709 g/mol. The van der Waals surface area contributed by atoms with Gasteiger partial charge in [0.25, 0.3) is 0 Å². The van der Waals surface area contributed by atoms with Gasteiger partial charge in [-0.1, -0.05) is 0 Å². The summed E-state index contributed by atoms with van der Waals surface area (Å²) in [6.45, 7) is 0. The molecule has 0 amide bonds. The minimum Gasteiger partial charge on any atom is -1.00 e. The SMILES string of the molecule is C1=Cc2cc3ccc(cc4ccc(cc5nc(cc1n2)C=C5)[nH]4)[nH]3.[Cl-].[Mn].[c-]1ccccc1.[c-]1ccccc1.[c-]1ccccc1.[c-]1ccccc1. The fourth-order valence-electron chi connectivity index (χ4n) is 4.31. The molecule has 0 saturated heterocycles. The minimum absolute atomic E-state index is 0. The Bertz CT molecular complexity index is 1810. The number of hydrogen-bond acceptors (Lipinski definition) is 2. The van der Waals surface area contributed by atoms with E-state index in [2.05, 4.69) is 74.5 Å². The number of nitrogens with one attached hydrogen (secondary N) is 2. The van der Waals surface area contributed by atoms with Crippen LogP contribution in [-0.2, 0) is 17.1 Å². The Morgan fingerprint density at radius 1 is 0.340 bits per heavy atom. The molecule has 7 aromatic rings.